The van der Waals surface area contributed by atoms with Crippen molar-refractivity contribution in [2.75, 3.05) is 71.4 Å². The number of carbonyl (C=O) groups is 6. The fourth-order valence-corrected chi connectivity index (χ4v) is 14.4. The number of imidazole rings is 8. The third-order valence-electron chi connectivity index (χ3n) is 21.6. The molecule has 1 aliphatic heterocycles. The Hall–Kier alpha value is -12.1. The van der Waals surface area contributed by atoms with Gasteiger partial charge in [-0.25, -0.2) is 39.9 Å². The molecule has 1 fully saturated rings. The predicted molar refractivity (Wildman–Crippen MR) is 506 cm³/mol. The molecule has 0 saturated carbocycles. The van der Waals surface area contributed by atoms with E-state index in [4.69, 9.17) is 19.9 Å². The quantitative estimate of drug-likeness (QED) is 0.0101. The second-order valence-corrected chi connectivity index (χ2v) is 31.5. The number of nitrogens with zero attached hydrogens (tertiary/aromatic N) is 20. The fourth-order valence-electron chi connectivity index (χ4n) is 14.4. The third-order valence-corrected chi connectivity index (χ3v) is 21.6. The number of aliphatic carboxylic acids is 3. The van der Waals surface area contributed by atoms with E-state index >= 15 is 0 Å². The van der Waals surface area contributed by atoms with Gasteiger partial charge in [0.15, 0.2) is 46.6 Å². The van der Waals surface area contributed by atoms with Gasteiger partial charge in [0.05, 0.1) is 64.4 Å². The summed E-state index contributed by atoms with van der Waals surface area (Å²) in [5, 5.41) is 38.9. The van der Waals surface area contributed by atoms with Gasteiger partial charge in [-0.15, -0.1) is 0 Å². The molecule has 41 heteroatoms. The van der Waals surface area contributed by atoms with E-state index in [1.807, 2.05) is 223 Å². The van der Waals surface area contributed by atoms with Crippen molar-refractivity contribution in [1.29, 1.82) is 0 Å². The van der Waals surface area contributed by atoms with Gasteiger partial charge in [0, 0.05) is 285 Å². The number of hydrogen-bond donors (Lipinski definition) is 8. The Kier molecular flexibility index (Phi) is 55.0. The number of carbonyl (C=O) groups excluding carboxylic acids is 3. The molecule has 734 valence electrons. The van der Waals surface area contributed by atoms with Crippen molar-refractivity contribution < 1.29 is 108 Å². The van der Waals surface area contributed by atoms with Gasteiger partial charge in [-0.2, -0.15) is 0 Å². The number of cyclic esters (lactones) is 2. The van der Waals surface area contributed by atoms with E-state index < -0.39 is 65.5 Å². The van der Waals surface area contributed by atoms with Crippen LogP contribution in [0.25, 0.3) is 69.4 Å². The van der Waals surface area contributed by atoms with E-state index in [0.29, 0.717) is 13.2 Å². The molecule has 13 rings (SSSR count). The number of esters is 2. The number of carboxylic acid groups (broad SMARTS) is 3. The summed E-state index contributed by atoms with van der Waals surface area (Å²) in [6.07, 6.45) is 42.5. The van der Waals surface area contributed by atoms with Gasteiger partial charge < -0.3 is 104 Å². The van der Waals surface area contributed by atoms with E-state index in [9.17, 15) is 44.1 Å². The van der Waals surface area contributed by atoms with Crippen LogP contribution in [-0.4, -0.2) is 220 Å². The van der Waals surface area contributed by atoms with E-state index in [0.717, 1.165) is 138 Å². The van der Waals surface area contributed by atoms with Crippen LogP contribution in [0.5, 0.6) is 0 Å². The minimum absolute atomic E-state index is 0. The van der Waals surface area contributed by atoms with E-state index in [2.05, 4.69) is 80.5 Å². The maximum Gasteiger partial charge on any atom is 0.317 e. The smallest absolute Gasteiger partial charge is 0.317 e. The molecule has 12 aromatic heterocycles. The zero-order valence-corrected chi connectivity index (χ0v) is 83.9. The second kappa shape index (κ2) is 62.4. The Balaban J connectivity index is 0.000000579. The molecule has 1 aliphatic rings. The molecule has 9 atom stereocenters. The van der Waals surface area contributed by atoms with Crippen molar-refractivity contribution in [2.45, 2.75) is 119 Å². The second-order valence-electron chi connectivity index (χ2n) is 31.5. The molecule has 39 nitrogen and oxygen atoms in total. The number of aromatic nitrogens is 20. The van der Waals surface area contributed by atoms with Gasteiger partial charge in [0.2, 0.25) is 5.91 Å². The number of carboxylic acids is 3. The molecule has 0 aliphatic carbocycles. The Morgan fingerprint density at radius 3 is 1.17 bits per heavy atom. The summed E-state index contributed by atoms with van der Waals surface area (Å²) in [7, 11) is 20.0. The SMILES string of the molecule is C.COCC(C)C(C(=O)NCCCCCCNc1ccnc(-c2cccc(C)n2)c1)C(CCCC(OC)C(C(=O)O)C(C)C(=O)O)C(=O)O.COCC(C)C1C(=O)OC(=O)C1C.Cn1ccnc1-c1nccn1C.Cn1ccnc1-c1nccn1C.Cn1ccnc1-c1nccn1C.Cn1ccnc1-c1nccn1C.N.NCCCCCCNc1ccnc(-c2ccccn2)c1.O.[Os].[Os]. The number of nitrogens with one attached hydrogen (secondary N) is 3. The number of aryl methyl sites for hydroxylation is 9. The molecule has 0 bridgehead atoms. The van der Waals surface area contributed by atoms with Crippen LogP contribution in [0.3, 0.4) is 0 Å². The number of amides is 1. The Labute approximate surface area is 811 Å². The van der Waals surface area contributed by atoms with Crippen LogP contribution in [-0.2, 0) is 144 Å². The number of anilines is 2. The molecule has 0 aromatic carbocycles. The van der Waals surface area contributed by atoms with Crippen LogP contribution in [0.2, 0.25) is 0 Å². The van der Waals surface area contributed by atoms with Gasteiger partial charge in [-0.1, -0.05) is 72.9 Å². The molecule has 134 heavy (non-hydrogen) atoms. The zero-order chi connectivity index (χ0) is 93.9. The average Bonchev–Trinajstić information content (AvgIpc) is 1.70. The van der Waals surface area contributed by atoms with Crippen molar-refractivity contribution in [2.24, 2.45) is 109 Å². The standard InChI is InChI=1S/C35H52N4O9.C16H22N4.C9H14O4.4C8H10N4.CH4.H3N.H2O.2Os/c1-22(21-47-4)30(26(34(43)44)13-11-15-29(48-5)31(35(45)46)24(3)33(41)42)32(40)38-18-9-7-6-8-17-36-25-16-19-37-28(20-25)27-14-10-12-23(2)39-27;17-9-4-1-2-5-10-18-14-8-12-20-16(13-14)15-7-3-6-11-19-15;1-5(4-12-3)7-6(2)8(10)13-9(7)11;4*1-11-5-3-9-7(11)8-10-4-6-12(8)2;;;;;/h10,12,14,16,19-20,22,24,26,29-31H,6-9,11,13,15,17-18,21H2,1-5H3,(H,36,37)(H,38,40)(H,41,42)(H,43,44)(H,45,46);3,6-8,11-13H,1-2,4-5,9-10,17H2,(H,18,20);5-7H,4H2,1-3H3;4*3-6H,1-2H3;1H4;1H3;1H2;;. The van der Waals surface area contributed by atoms with E-state index in [1.54, 1.807) is 82.9 Å². The summed E-state index contributed by atoms with van der Waals surface area (Å²) in [5.41, 5.74) is 11.9. The van der Waals surface area contributed by atoms with Crippen LogP contribution in [0.1, 0.15) is 111 Å². The molecule has 0 spiro atoms. The van der Waals surface area contributed by atoms with E-state index in [1.165, 1.54) is 40.4 Å². The van der Waals surface area contributed by atoms with Crippen molar-refractivity contribution in [3.05, 3.63) is 184 Å². The molecule has 13 heterocycles. The largest absolute Gasteiger partial charge is 0.481 e. The van der Waals surface area contributed by atoms with E-state index in [-0.39, 0.29) is 108 Å². The first kappa shape index (κ1) is 118. The molecule has 1 saturated heterocycles. The number of rotatable bonds is 39. The molecular formula is C93H137N25O14Os2. The summed E-state index contributed by atoms with van der Waals surface area (Å²) in [4.78, 5) is 122. The van der Waals surface area contributed by atoms with Crippen LogP contribution in [0, 0.1) is 54.3 Å². The predicted octanol–water partition coefficient (Wildman–Crippen LogP) is 11.7. The number of pyridine rings is 4. The molecule has 12 aromatic rings. The first-order valence-corrected chi connectivity index (χ1v) is 43.0. The number of methoxy groups -OCH3 is 3. The van der Waals surface area contributed by atoms with Crippen LogP contribution in [0.4, 0.5) is 11.4 Å². The van der Waals surface area contributed by atoms with Crippen LogP contribution >= 0.6 is 0 Å². The molecule has 13 N–H and O–H groups in total. The van der Waals surface area contributed by atoms with Crippen LogP contribution in [0.15, 0.2) is 178 Å². The van der Waals surface area contributed by atoms with Gasteiger partial charge in [0.1, 0.15) is 0 Å². The zero-order valence-electron chi connectivity index (χ0n) is 78.8. The topological polar surface area (TPSA) is 523 Å². The fraction of sp³-hybridized carbons (Fsp3) is 0.462. The van der Waals surface area contributed by atoms with Crippen molar-refractivity contribution >= 4 is 47.1 Å². The number of unbranched alkanes of at least 4 members (excludes halogenated alkanes) is 6. The minimum Gasteiger partial charge on any atom is -0.481 e. The normalized spacial score (nSPS) is 13.6. The Bertz CT molecular complexity index is 4900. The molecule has 0 radical (unpaired) electrons. The summed E-state index contributed by atoms with van der Waals surface area (Å²) >= 11 is 0. The first-order valence-electron chi connectivity index (χ1n) is 43.0. The Morgan fingerprint density at radius 2 is 0.843 bits per heavy atom. The molecular weight excluding hydrogens is 2070 g/mol. The molecule has 9 unspecified atom stereocenters. The summed E-state index contributed by atoms with van der Waals surface area (Å²) in [6, 6.07) is 19.6. The van der Waals surface area contributed by atoms with Crippen molar-refractivity contribution in [3.63, 3.8) is 0 Å². The van der Waals surface area contributed by atoms with Gasteiger partial charge in [0.25, 0.3) is 0 Å². The Morgan fingerprint density at radius 1 is 0.455 bits per heavy atom. The van der Waals surface area contributed by atoms with Crippen molar-refractivity contribution in [1.82, 2.24) is 108 Å². The number of hydrogen-bond acceptors (Lipinski definition) is 26. The number of ether oxygens (including phenoxy) is 4. The number of nitrogens with two attached hydrogens (primary N) is 1. The van der Waals surface area contributed by atoms with Gasteiger partial charge >= 0.3 is 29.8 Å². The average molecular weight is 2210 g/mol. The summed E-state index contributed by atoms with van der Waals surface area (Å²) < 4.78 is 35.6. The first-order chi connectivity index (χ1) is 62.0. The minimum atomic E-state index is -1.30. The maximum atomic E-state index is 13.3. The maximum absolute atomic E-state index is 13.3. The van der Waals surface area contributed by atoms with Gasteiger partial charge in [-0.3, -0.25) is 48.7 Å². The monoisotopic (exact) mass is 2210 g/mol. The third kappa shape index (κ3) is 36.7. The summed E-state index contributed by atoms with van der Waals surface area (Å²) in [5.74, 6) is -3.22. The van der Waals surface area contributed by atoms with Gasteiger partial charge in [-0.05, 0) is 119 Å². The summed E-state index contributed by atoms with van der Waals surface area (Å²) in [6.45, 7) is 12.2. The van der Waals surface area contributed by atoms with Crippen molar-refractivity contribution in [3.8, 4) is 69.4 Å². The molecule has 1 amide bonds. The van der Waals surface area contributed by atoms with Crippen LogP contribution < -0.4 is 27.8 Å².